The van der Waals surface area contributed by atoms with Crippen LogP contribution in [0.2, 0.25) is 4.34 Å². The molecule has 0 bridgehead atoms. The minimum atomic E-state index is 0.00847. The third kappa shape index (κ3) is 3.86. The van der Waals surface area contributed by atoms with Gasteiger partial charge in [-0.2, -0.15) is 0 Å². The number of methoxy groups -OCH3 is 1. The number of carbonyl (C=O) groups is 1. The number of thioether (sulfide) groups is 1. The summed E-state index contributed by atoms with van der Waals surface area (Å²) in [4.78, 5) is 14.1. The van der Waals surface area contributed by atoms with E-state index in [0.717, 1.165) is 10.6 Å². The lowest BCUT2D eigenvalue weighted by Gasteiger charge is -2.13. The second-order valence-electron chi connectivity index (χ2n) is 5.61. The van der Waals surface area contributed by atoms with Gasteiger partial charge < -0.3 is 4.74 Å². The predicted octanol–water partition coefficient (Wildman–Crippen LogP) is 5.69. The first-order valence-electron chi connectivity index (χ1n) is 8.21. The molecule has 0 aliphatic carbocycles. The number of nitrogens with zero attached hydrogens (tertiary/aromatic N) is 3. The molecule has 0 N–H and O–H groups in total. The summed E-state index contributed by atoms with van der Waals surface area (Å²) < 4.78 is 8.07. The van der Waals surface area contributed by atoms with E-state index in [0.29, 0.717) is 25.9 Å². The summed E-state index contributed by atoms with van der Waals surface area (Å²) in [6.45, 7) is 0. The van der Waals surface area contributed by atoms with Crippen molar-refractivity contribution in [2.75, 3.05) is 12.9 Å². The normalized spacial score (nSPS) is 10.9. The van der Waals surface area contributed by atoms with Crippen LogP contribution in [-0.2, 0) is 0 Å². The van der Waals surface area contributed by atoms with E-state index in [1.54, 1.807) is 30.6 Å². The zero-order valence-electron chi connectivity index (χ0n) is 14.7. The van der Waals surface area contributed by atoms with Crippen LogP contribution in [0.4, 0.5) is 0 Å². The molecule has 0 fully saturated rings. The molecule has 0 saturated heterocycles. The molecule has 9 heteroatoms. The number of rotatable bonds is 7. The van der Waals surface area contributed by atoms with Gasteiger partial charge in [0.15, 0.2) is 16.8 Å². The summed E-state index contributed by atoms with van der Waals surface area (Å²) >= 11 is 10.1. The molecule has 3 aromatic heterocycles. The SMILES string of the molecule is COc1ccccc1-n1c(SCC(=O)c2ccc(Cl)s2)nnc1-c1cccs1. The monoisotopic (exact) mass is 447 g/mol. The molecular weight excluding hydrogens is 434 g/mol. The van der Waals surface area contributed by atoms with Crippen molar-refractivity contribution in [2.45, 2.75) is 5.16 Å². The highest BCUT2D eigenvalue weighted by Crippen LogP contribution is 2.34. The number of carbonyl (C=O) groups excluding carboxylic acids is 1. The molecule has 0 amide bonds. The molecule has 0 saturated carbocycles. The quantitative estimate of drug-likeness (QED) is 0.269. The number of halogens is 1. The predicted molar refractivity (Wildman–Crippen MR) is 116 cm³/mol. The minimum Gasteiger partial charge on any atom is -0.495 e. The molecular formula is C19H14ClN3O2S3. The van der Waals surface area contributed by atoms with E-state index in [9.17, 15) is 4.79 Å². The Balaban J connectivity index is 1.70. The van der Waals surface area contributed by atoms with Crippen LogP contribution >= 0.6 is 46.0 Å². The molecule has 3 heterocycles. The van der Waals surface area contributed by atoms with Crippen molar-refractivity contribution >= 4 is 51.8 Å². The Morgan fingerprint density at radius 2 is 2.04 bits per heavy atom. The Bertz CT molecular complexity index is 1110. The van der Waals surface area contributed by atoms with Gasteiger partial charge >= 0.3 is 0 Å². The van der Waals surface area contributed by atoms with Gasteiger partial charge in [0.1, 0.15) is 5.75 Å². The van der Waals surface area contributed by atoms with E-state index in [1.807, 2.05) is 46.3 Å². The number of hydrogen-bond donors (Lipinski definition) is 0. The average Bonchev–Trinajstić information content (AvgIpc) is 3.46. The highest BCUT2D eigenvalue weighted by atomic mass is 35.5. The fourth-order valence-electron chi connectivity index (χ4n) is 2.63. The topological polar surface area (TPSA) is 57.0 Å². The van der Waals surface area contributed by atoms with Gasteiger partial charge in [0.05, 0.1) is 32.6 Å². The van der Waals surface area contributed by atoms with Crippen LogP contribution in [0.15, 0.2) is 59.1 Å². The Labute approximate surface area is 179 Å². The van der Waals surface area contributed by atoms with Crippen molar-refractivity contribution in [1.29, 1.82) is 0 Å². The molecule has 5 nitrogen and oxygen atoms in total. The number of thiophene rings is 2. The number of benzene rings is 1. The Morgan fingerprint density at radius 1 is 1.18 bits per heavy atom. The van der Waals surface area contributed by atoms with Gasteiger partial charge in [-0.25, -0.2) is 0 Å². The van der Waals surface area contributed by atoms with E-state index in [1.165, 1.54) is 23.1 Å². The van der Waals surface area contributed by atoms with Crippen LogP contribution in [0.25, 0.3) is 16.4 Å². The Morgan fingerprint density at radius 3 is 2.75 bits per heavy atom. The molecule has 0 unspecified atom stereocenters. The molecule has 142 valence electrons. The van der Waals surface area contributed by atoms with Gasteiger partial charge in [0.25, 0.3) is 0 Å². The van der Waals surface area contributed by atoms with Crippen molar-refractivity contribution in [1.82, 2.24) is 14.8 Å². The molecule has 0 spiro atoms. The summed E-state index contributed by atoms with van der Waals surface area (Å²) in [6.07, 6.45) is 0. The largest absolute Gasteiger partial charge is 0.495 e. The first-order valence-corrected chi connectivity index (χ1v) is 11.3. The zero-order valence-corrected chi connectivity index (χ0v) is 17.9. The van der Waals surface area contributed by atoms with Crippen LogP contribution in [0.5, 0.6) is 5.75 Å². The number of aromatic nitrogens is 3. The minimum absolute atomic E-state index is 0.00847. The van der Waals surface area contributed by atoms with E-state index < -0.39 is 0 Å². The van der Waals surface area contributed by atoms with Gasteiger partial charge in [-0.1, -0.05) is 41.6 Å². The fraction of sp³-hybridized carbons (Fsp3) is 0.105. The maximum Gasteiger partial charge on any atom is 0.196 e. The van der Waals surface area contributed by atoms with Crippen LogP contribution in [-0.4, -0.2) is 33.4 Å². The lowest BCUT2D eigenvalue weighted by Crippen LogP contribution is -2.04. The average molecular weight is 448 g/mol. The molecule has 28 heavy (non-hydrogen) atoms. The van der Waals surface area contributed by atoms with E-state index >= 15 is 0 Å². The number of Topliss-reactive ketones (excluding diaryl/α,β-unsaturated/α-hetero) is 1. The standard InChI is InChI=1S/C19H14ClN3O2S3/c1-25-14-6-3-2-5-12(14)23-18(16-7-4-10-26-16)21-22-19(23)27-11-13(24)15-8-9-17(20)28-15/h2-10H,11H2,1H3. The second kappa shape index (κ2) is 8.48. The highest BCUT2D eigenvalue weighted by Gasteiger charge is 2.20. The van der Waals surface area contributed by atoms with Gasteiger partial charge in [-0.05, 0) is 35.7 Å². The van der Waals surface area contributed by atoms with Gasteiger partial charge in [0, 0.05) is 0 Å². The number of ketones is 1. The maximum atomic E-state index is 12.5. The van der Waals surface area contributed by atoms with Crippen molar-refractivity contribution in [3.8, 4) is 22.1 Å². The number of ether oxygens (including phenoxy) is 1. The van der Waals surface area contributed by atoms with Crippen molar-refractivity contribution in [3.05, 3.63) is 63.1 Å². The summed E-state index contributed by atoms with van der Waals surface area (Å²) in [6, 6.07) is 15.1. The number of para-hydroxylation sites is 2. The van der Waals surface area contributed by atoms with Crippen LogP contribution in [0.1, 0.15) is 9.67 Å². The zero-order chi connectivity index (χ0) is 19.5. The smallest absolute Gasteiger partial charge is 0.196 e. The maximum absolute atomic E-state index is 12.5. The number of hydrogen-bond acceptors (Lipinski definition) is 7. The first kappa shape index (κ1) is 19.2. The van der Waals surface area contributed by atoms with Crippen LogP contribution in [0.3, 0.4) is 0 Å². The molecule has 0 radical (unpaired) electrons. The summed E-state index contributed by atoms with van der Waals surface area (Å²) in [5.74, 6) is 1.68. The van der Waals surface area contributed by atoms with E-state index in [2.05, 4.69) is 10.2 Å². The third-order valence-electron chi connectivity index (χ3n) is 3.88. The van der Waals surface area contributed by atoms with Gasteiger partial charge in [-0.3, -0.25) is 9.36 Å². The lowest BCUT2D eigenvalue weighted by atomic mass is 10.3. The molecule has 4 aromatic rings. The summed E-state index contributed by atoms with van der Waals surface area (Å²) in [7, 11) is 1.63. The van der Waals surface area contributed by atoms with Crippen LogP contribution in [0, 0.1) is 0 Å². The molecule has 4 rings (SSSR count). The van der Waals surface area contributed by atoms with Crippen molar-refractivity contribution in [2.24, 2.45) is 0 Å². The van der Waals surface area contributed by atoms with E-state index in [-0.39, 0.29) is 11.5 Å². The van der Waals surface area contributed by atoms with Crippen molar-refractivity contribution < 1.29 is 9.53 Å². The second-order valence-corrected chi connectivity index (χ2v) is 9.21. The van der Waals surface area contributed by atoms with Gasteiger partial charge in [-0.15, -0.1) is 32.9 Å². The molecule has 1 aromatic carbocycles. The fourth-order valence-corrected chi connectivity index (χ4v) is 5.22. The molecule has 0 aliphatic heterocycles. The lowest BCUT2D eigenvalue weighted by molar-refractivity contribution is 0.102. The summed E-state index contributed by atoms with van der Waals surface area (Å²) in [5, 5.41) is 11.4. The Hall–Kier alpha value is -2.13. The first-order chi connectivity index (χ1) is 13.7. The highest BCUT2D eigenvalue weighted by molar-refractivity contribution is 7.99. The van der Waals surface area contributed by atoms with Crippen LogP contribution < -0.4 is 4.74 Å². The van der Waals surface area contributed by atoms with Crippen molar-refractivity contribution in [3.63, 3.8) is 0 Å². The van der Waals surface area contributed by atoms with Gasteiger partial charge in [0.2, 0.25) is 0 Å². The third-order valence-corrected chi connectivity index (χ3v) is 6.95. The Kier molecular flexibility index (Phi) is 5.82. The van der Waals surface area contributed by atoms with E-state index in [4.69, 9.17) is 16.3 Å². The molecule has 0 aliphatic rings. The molecule has 0 atom stereocenters. The summed E-state index contributed by atoms with van der Waals surface area (Å²) in [5.41, 5.74) is 0.826.